The number of aliphatic hydroxyl groups excluding tert-OH is 1. The normalized spacial score (nSPS) is 13.3. The zero-order valence-electron chi connectivity index (χ0n) is 12.4. The monoisotopic (exact) mass is 296 g/mol. The lowest BCUT2D eigenvalue weighted by Gasteiger charge is -2.29. The van der Waals surface area contributed by atoms with E-state index in [1.807, 2.05) is 13.8 Å². The average molecular weight is 296 g/mol. The molecule has 0 bridgehead atoms. The molecule has 116 valence electrons. The number of amides is 1. The minimum absolute atomic E-state index is 0.0588. The molecule has 0 fully saturated rings. The quantitative estimate of drug-likeness (QED) is 0.591. The van der Waals surface area contributed by atoms with Crippen molar-refractivity contribution in [3.63, 3.8) is 0 Å². The summed E-state index contributed by atoms with van der Waals surface area (Å²) in [6.07, 6.45) is 1.02. The van der Waals surface area contributed by atoms with Gasteiger partial charge in [-0.05, 0) is 25.8 Å². The van der Waals surface area contributed by atoms with Gasteiger partial charge in [-0.1, -0.05) is 13.0 Å². The maximum atomic E-state index is 12.4. The fourth-order valence-electron chi connectivity index (χ4n) is 1.98. The zero-order valence-corrected chi connectivity index (χ0v) is 12.4. The Morgan fingerprint density at radius 1 is 1.52 bits per heavy atom. The minimum atomic E-state index is -0.595. The van der Waals surface area contributed by atoms with Crippen LogP contribution in [0.4, 0.5) is 5.69 Å². The second-order valence-corrected chi connectivity index (χ2v) is 4.96. The van der Waals surface area contributed by atoms with Gasteiger partial charge in [-0.15, -0.1) is 0 Å². The lowest BCUT2D eigenvalue weighted by Crippen LogP contribution is -2.46. The van der Waals surface area contributed by atoms with Crippen molar-refractivity contribution in [1.82, 2.24) is 5.32 Å². The Labute approximate surface area is 123 Å². The highest BCUT2D eigenvalue weighted by Crippen LogP contribution is 2.31. The highest BCUT2D eigenvalue weighted by Gasteiger charge is 2.28. The number of carbonyl (C=O) groups is 1. The molecule has 0 radical (unpaired) electrons. The van der Waals surface area contributed by atoms with Gasteiger partial charge in [-0.2, -0.15) is 0 Å². The van der Waals surface area contributed by atoms with Gasteiger partial charge in [0.2, 0.25) is 5.75 Å². The largest absolute Gasteiger partial charge is 0.490 e. The number of hydrogen-bond donors (Lipinski definition) is 2. The molecule has 0 spiro atoms. The third kappa shape index (κ3) is 3.91. The number of rotatable bonds is 7. The standard InChI is InChI=1S/C14H20N2O5/c1-4-14(2,8-9-17)15-13(18)10-6-5-7-11(16(19)20)12(10)21-3/h5-7,17H,4,8-9H2,1-3H3,(H,15,18). The number of nitrogens with one attached hydrogen (secondary N) is 1. The third-order valence-corrected chi connectivity index (χ3v) is 3.50. The Hall–Kier alpha value is -2.15. The van der Waals surface area contributed by atoms with Crippen LogP contribution in [-0.2, 0) is 0 Å². The van der Waals surface area contributed by atoms with Gasteiger partial charge in [-0.3, -0.25) is 14.9 Å². The van der Waals surface area contributed by atoms with Gasteiger partial charge in [-0.25, -0.2) is 0 Å². The van der Waals surface area contributed by atoms with Crippen molar-refractivity contribution >= 4 is 11.6 Å². The third-order valence-electron chi connectivity index (χ3n) is 3.50. The lowest BCUT2D eigenvalue weighted by atomic mass is 9.94. The Bertz CT molecular complexity index is 532. The SMILES string of the molecule is CCC(C)(CCO)NC(=O)c1cccc([N+](=O)[O-])c1OC. The van der Waals surface area contributed by atoms with E-state index in [0.717, 1.165) is 0 Å². The first-order valence-corrected chi connectivity index (χ1v) is 6.63. The molecule has 1 aromatic carbocycles. The van der Waals surface area contributed by atoms with E-state index in [0.29, 0.717) is 12.8 Å². The summed E-state index contributed by atoms with van der Waals surface area (Å²) < 4.78 is 5.02. The average Bonchev–Trinajstić information content (AvgIpc) is 2.46. The zero-order chi connectivity index (χ0) is 16.0. The van der Waals surface area contributed by atoms with Crippen LogP contribution >= 0.6 is 0 Å². The summed E-state index contributed by atoms with van der Waals surface area (Å²) in [6, 6.07) is 4.18. The summed E-state index contributed by atoms with van der Waals surface area (Å²) in [4.78, 5) is 22.7. The maximum absolute atomic E-state index is 12.4. The first-order chi connectivity index (χ1) is 9.88. The number of carbonyl (C=O) groups excluding carboxylic acids is 1. The van der Waals surface area contributed by atoms with Gasteiger partial charge >= 0.3 is 5.69 Å². The van der Waals surface area contributed by atoms with Crippen LogP contribution in [0.5, 0.6) is 5.75 Å². The molecule has 7 heteroatoms. The summed E-state index contributed by atoms with van der Waals surface area (Å²) in [5.74, 6) is -0.532. The van der Waals surface area contributed by atoms with Gasteiger partial charge in [0.15, 0.2) is 0 Å². The Kier molecular flexibility index (Phi) is 5.66. The molecule has 2 N–H and O–H groups in total. The van der Waals surface area contributed by atoms with Crippen molar-refractivity contribution in [1.29, 1.82) is 0 Å². The second-order valence-electron chi connectivity index (χ2n) is 4.96. The number of nitro benzene ring substituents is 1. The number of ether oxygens (including phenoxy) is 1. The predicted molar refractivity (Wildman–Crippen MR) is 77.5 cm³/mol. The van der Waals surface area contributed by atoms with Crippen LogP contribution in [-0.4, -0.2) is 35.2 Å². The summed E-state index contributed by atoms with van der Waals surface area (Å²) in [5.41, 5.74) is -0.739. The number of hydrogen-bond acceptors (Lipinski definition) is 5. The Morgan fingerprint density at radius 2 is 2.19 bits per heavy atom. The van der Waals surface area contributed by atoms with E-state index in [2.05, 4.69) is 5.32 Å². The van der Waals surface area contributed by atoms with Crippen molar-refractivity contribution in [2.75, 3.05) is 13.7 Å². The van der Waals surface area contributed by atoms with Crippen molar-refractivity contribution in [2.45, 2.75) is 32.2 Å². The van der Waals surface area contributed by atoms with Crippen molar-refractivity contribution in [3.05, 3.63) is 33.9 Å². The van der Waals surface area contributed by atoms with Gasteiger partial charge < -0.3 is 15.2 Å². The molecule has 0 aromatic heterocycles. The highest BCUT2D eigenvalue weighted by molar-refractivity contribution is 5.98. The second kappa shape index (κ2) is 7.03. The van der Waals surface area contributed by atoms with E-state index in [-0.39, 0.29) is 23.6 Å². The maximum Gasteiger partial charge on any atom is 0.311 e. The van der Waals surface area contributed by atoms with E-state index < -0.39 is 16.4 Å². The molecule has 1 amide bonds. The summed E-state index contributed by atoms with van der Waals surface area (Å²) in [7, 11) is 1.28. The van der Waals surface area contributed by atoms with E-state index in [1.165, 1.54) is 25.3 Å². The van der Waals surface area contributed by atoms with E-state index in [4.69, 9.17) is 9.84 Å². The minimum Gasteiger partial charge on any atom is -0.490 e. The number of para-hydroxylation sites is 1. The molecule has 0 heterocycles. The highest BCUT2D eigenvalue weighted by atomic mass is 16.6. The van der Waals surface area contributed by atoms with E-state index >= 15 is 0 Å². The van der Waals surface area contributed by atoms with Gasteiger partial charge in [0.1, 0.15) is 0 Å². The van der Waals surface area contributed by atoms with E-state index in [9.17, 15) is 14.9 Å². The number of nitrogens with zero attached hydrogens (tertiary/aromatic N) is 1. The van der Waals surface area contributed by atoms with Crippen molar-refractivity contribution in [3.8, 4) is 5.75 Å². The van der Waals surface area contributed by atoms with Gasteiger partial charge in [0, 0.05) is 18.2 Å². The van der Waals surface area contributed by atoms with Crippen LogP contribution in [0.2, 0.25) is 0 Å². The molecule has 1 atom stereocenters. The number of nitro groups is 1. The summed E-state index contributed by atoms with van der Waals surface area (Å²) in [5, 5.41) is 22.8. The number of methoxy groups -OCH3 is 1. The molecule has 1 unspecified atom stereocenters. The van der Waals surface area contributed by atoms with Crippen LogP contribution in [0.3, 0.4) is 0 Å². The fraction of sp³-hybridized carbons (Fsp3) is 0.500. The molecular weight excluding hydrogens is 276 g/mol. The molecule has 0 saturated heterocycles. The van der Waals surface area contributed by atoms with Crippen LogP contribution in [0.25, 0.3) is 0 Å². The van der Waals surface area contributed by atoms with Crippen LogP contribution in [0.1, 0.15) is 37.0 Å². The Morgan fingerprint density at radius 3 is 2.67 bits per heavy atom. The molecule has 0 saturated carbocycles. The molecule has 0 aliphatic heterocycles. The van der Waals surface area contributed by atoms with Gasteiger partial charge in [0.25, 0.3) is 5.91 Å². The van der Waals surface area contributed by atoms with Crippen LogP contribution in [0, 0.1) is 10.1 Å². The first kappa shape index (κ1) is 16.9. The van der Waals surface area contributed by atoms with Crippen molar-refractivity contribution < 1.29 is 19.6 Å². The topological polar surface area (TPSA) is 102 Å². The fourth-order valence-corrected chi connectivity index (χ4v) is 1.98. The van der Waals surface area contributed by atoms with Crippen LogP contribution in [0.15, 0.2) is 18.2 Å². The molecular formula is C14H20N2O5. The smallest absolute Gasteiger partial charge is 0.311 e. The van der Waals surface area contributed by atoms with E-state index in [1.54, 1.807) is 0 Å². The molecule has 1 rings (SSSR count). The number of benzene rings is 1. The number of aliphatic hydroxyl groups is 1. The lowest BCUT2D eigenvalue weighted by molar-refractivity contribution is -0.385. The molecule has 21 heavy (non-hydrogen) atoms. The Balaban J connectivity index is 3.13. The van der Waals surface area contributed by atoms with Crippen LogP contribution < -0.4 is 10.1 Å². The molecule has 1 aromatic rings. The summed E-state index contributed by atoms with van der Waals surface area (Å²) in [6.45, 7) is 3.64. The summed E-state index contributed by atoms with van der Waals surface area (Å²) >= 11 is 0. The van der Waals surface area contributed by atoms with Gasteiger partial charge in [0.05, 0.1) is 17.6 Å². The van der Waals surface area contributed by atoms with Crippen molar-refractivity contribution in [2.24, 2.45) is 0 Å². The molecule has 0 aliphatic rings. The first-order valence-electron chi connectivity index (χ1n) is 6.63. The molecule has 0 aliphatic carbocycles. The molecule has 7 nitrogen and oxygen atoms in total. The predicted octanol–water partition coefficient (Wildman–Crippen LogP) is 1.88.